The lowest BCUT2D eigenvalue weighted by Gasteiger charge is -1.85. The van der Waals surface area contributed by atoms with E-state index in [9.17, 15) is 0 Å². The molecule has 0 spiro atoms. The molecule has 0 nitrogen and oxygen atoms in total. The molecule has 0 bridgehead atoms. The Morgan fingerprint density at radius 1 is 1.12 bits per heavy atom. The zero-order chi connectivity index (χ0) is 6.41. The van der Waals surface area contributed by atoms with Gasteiger partial charge in [-0.1, -0.05) is 37.0 Å². The van der Waals surface area contributed by atoms with Crippen LogP contribution >= 0.6 is 0 Å². The fourth-order valence-electron chi connectivity index (χ4n) is 0.397. The number of hydrogen-bond donors (Lipinski definition) is 0. The van der Waals surface area contributed by atoms with Gasteiger partial charge in [-0.2, -0.15) is 0 Å². The summed E-state index contributed by atoms with van der Waals surface area (Å²) in [5, 5.41) is 0. The molecule has 0 aromatic carbocycles. The third kappa shape index (κ3) is 5.70. The van der Waals surface area contributed by atoms with Crippen molar-refractivity contribution in [1.82, 2.24) is 0 Å². The fourth-order valence-corrected chi connectivity index (χ4v) is 0.970. The van der Waals surface area contributed by atoms with Gasteiger partial charge >= 0.3 is 0 Å². The monoisotopic (exact) mass is 126 g/mol. The molecular weight excluding hydrogens is 112 g/mol. The smallest absolute Gasteiger partial charge is 0.0554 e. The molecule has 0 fully saturated rings. The van der Waals surface area contributed by atoms with E-state index in [0.29, 0.717) is 0 Å². The second-order valence-corrected chi connectivity index (χ2v) is 5.03. The largest absolute Gasteiger partial charge is 0.0982 e. The molecule has 0 N–H and O–H groups in total. The Hall–Kier alpha value is -0.303. The highest BCUT2D eigenvalue weighted by Crippen LogP contribution is 1.82. The van der Waals surface area contributed by atoms with E-state index < -0.39 is 8.80 Å². The van der Waals surface area contributed by atoms with E-state index in [2.05, 4.69) is 30.9 Å². The molecule has 8 heavy (non-hydrogen) atoms. The summed E-state index contributed by atoms with van der Waals surface area (Å²) in [4.78, 5) is 0. The van der Waals surface area contributed by atoms with Gasteiger partial charge in [-0.25, -0.2) is 0 Å². The molecule has 0 heterocycles. The SMILES string of the molecule is CC=CC=C[SiH](C)C. The van der Waals surface area contributed by atoms with Gasteiger partial charge in [0.05, 0.1) is 8.80 Å². The Morgan fingerprint density at radius 2 is 1.75 bits per heavy atom. The van der Waals surface area contributed by atoms with Gasteiger partial charge in [0.25, 0.3) is 0 Å². The Kier molecular flexibility index (Phi) is 4.66. The van der Waals surface area contributed by atoms with Crippen LogP contribution in [-0.4, -0.2) is 8.80 Å². The van der Waals surface area contributed by atoms with Gasteiger partial charge in [-0.3, -0.25) is 0 Å². The lowest BCUT2D eigenvalue weighted by Crippen LogP contribution is -1.90. The number of hydrogen-bond acceptors (Lipinski definition) is 0. The van der Waals surface area contributed by atoms with Crippen molar-refractivity contribution in [1.29, 1.82) is 0 Å². The molecule has 0 amide bonds. The van der Waals surface area contributed by atoms with Crippen LogP contribution in [-0.2, 0) is 0 Å². The minimum absolute atomic E-state index is 0.434. The summed E-state index contributed by atoms with van der Waals surface area (Å²) in [6.07, 6.45) is 6.26. The van der Waals surface area contributed by atoms with E-state index in [1.807, 2.05) is 13.0 Å². The minimum Gasteiger partial charge on any atom is -0.0982 e. The Balaban J connectivity index is 3.34. The topological polar surface area (TPSA) is 0 Å². The number of rotatable bonds is 2. The molecule has 0 aromatic heterocycles. The van der Waals surface area contributed by atoms with E-state index in [1.165, 1.54) is 0 Å². The molecule has 0 saturated carbocycles. The van der Waals surface area contributed by atoms with Crippen molar-refractivity contribution >= 4 is 8.80 Å². The van der Waals surface area contributed by atoms with E-state index in [-0.39, 0.29) is 0 Å². The van der Waals surface area contributed by atoms with E-state index in [0.717, 1.165) is 0 Å². The van der Waals surface area contributed by atoms with Crippen molar-refractivity contribution < 1.29 is 0 Å². The summed E-state index contributed by atoms with van der Waals surface area (Å²) in [6, 6.07) is 0. The van der Waals surface area contributed by atoms with Crippen molar-refractivity contribution in [2.75, 3.05) is 0 Å². The maximum absolute atomic E-state index is 2.31. The predicted octanol–water partition coefficient (Wildman–Crippen LogP) is 2.14. The van der Waals surface area contributed by atoms with Crippen LogP contribution in [0.1, 0.15) is 6.92 Å². The summed E-state index contributed by atoms with van der Waals surface area (Å²) >= 11 is 0. The van der Waals surface area contributed by atoms with Crippen molar-refractivity contribution in [2.24, 2.45) is 0 Å². The second-order valence-electron chi connectivity index (χ2n) is 2.15. The van der Waals surface area contributed by atoms with Crippen LogP contribution in [0.2, 0.25) is 13.1 Å². The first-order valence-corrected chi connectivity index (χ1v) is 6.04. The summed E-state index contributed by atoms with van der Waals surface area (Å²) in [5.74, 6) is 0. The second kappa shape index (κ2) is 4.85. The number of allylic oxidation sites excluding steroid dienone is 3. The van der Waals surface area contributed by atoms with Crippen LogP contribution < -0.4 is 0 Å². The van der Waals surface area contributed by atoms with Crippen molar-refractivity contribution in [3.63, 3.8) is 0 Å². The lowest BCUT2D eigenvalue weighted by molar-refractivity contribution is 1.74. The zero-order valence-electron chi connectivity index (χ0n) is 5.89. The third-order valence-electron chi connectivity index (χ3n) is 0.800. The average molecular weight is 126 g/mol. The first-order chi connectivity index (χ1) is 3.77. The molecule has 0 aromatic rings. The molecule has 0 radical (unpaired) electrons. The molecule has 0 unspecified atom stereocenters. The quantitative estimate of drug-likeness (QED) is 0.393. The summed E-state index contributed by atoms with van der Waals surface area (Å²) in [7, 11) is -0.434. The normalized spacial score (nSPS) is 12.5. The van der Waals surface area contributed by atoms with Crippen LogP contribution in [0.5, 0.6) is 0 Å². The zero-order valence-corrected chi connectivity index (χ0v) is 7.04. The van der Waals surface area contributed by atoms with Gasteiger partial charge in [-0.05, 0) is 6.92 Å². The van der Waals surface area contributed by atoms with Crippen molar-refractivity contribution in [2.45, 2.75) is 20.0 Å². The third-order valence-corrected chi connectivity index (χ3v) is 1.79. The van der Waals surface area contributed by atoms with Gasteiger partial charge in [0.15, 0.2) is 0 Å². The Bertz CT molecular complexity index is 90.6. The fraction of sp³-hybridized carbons (Fsp3) is 0.429. The average Bonchev–Trinajstić information content (AvgIpc) is 1.66. The molecule has 0 aliphatic heterocycles. The summed E-state index contributed by atoms with van der Waals surface area (Å²) < 4.78 is 0. The molecule has 0 atom stereocenters. The van der Waals surface area contributed by atoms with Crippen molar-refractivity contribution in [3.05, 3.63) is 23.9 Å². The lowest BCUT2D eigenvalue weighted by atomic mass is 10.5. The Morgan fingerprint density at radius 3 is 2.12 bits per heavy atom. The van der Waals surface area contributed by atoms with E-state index in [1.54, 1.807) is 0 Å². The first-order valence-electron chi connectivity index (χ1n) is 3.07. The first kappa shape index (κ1) is 7.70. The molecule has 0 saturated heterocycles. The maximum atomic E-state index is 2.31. The molecule has 1 heteroatoms. The van der Waals surface area contributed by atoms with Crippen LogP contribution in [0.15, 0.2) is 23.9 Å². The van der Waals surface area contributed by atoms with Gasteiger partial charge in [0.2, 0.25) is 0 Å². The molecule has 0 rings (SSSR count). The highest BCUT2D eigenvalue weighted by molar-refractivity contribution is 6.61. The highest BCUT2D eigenvalue weighted by atomic mass is 28.3. The van der Waals surface area contributed by atoms with E-state index in [4.69, 9.17) is 0 Å². The molecule has 0 aliphatic carbocycles. The molecular formula is C7H14Si. The summed E-state index contributed by atoms with van der Waals surface area (Å²) in [5.41, 5.74) is 2.31. The van der Waals surface area contributed by atoms with Crippen LogP contribution in [0.4, 0.5) is 0 Å². The van der Waals surface area contributed by atoms with Crippen molar-refractivity contribution in [3.8, 4) is 0 Å². The van der Waals surface area contributed by atoms with E-state index >= 15 is 0 Å². The molecule has 0 aliphatic rings. The standard InChI is InChI=1S/C7H14Si/c1-4-5-6-7-8(2)3/h4-8H,1-3H3. The van der Waals surface area contributed by atoms with Gasteiger partial charge in [0, 0.05) is 0 Å². The maximum Gasteiger partial charge on any atom is 0.0554 e. The van der Waals surface area contributed by atoms with Gasteiger partial charge < -0.3 is 0 Å². The Labute approximate surface area is 53.5 Å². The van der Waals surface area contributed by atoms with Crippen LogP contribution in [0.25, 0.3) is 0 Å². The highest BCUT2D eigenvalue weighted by Gasteiger charge is 1.80. The van der Waals surface area contributed by atoms with Gasteiger partial charge in [-0.15, -0.1) is 0 Å². The predicted molar refractivity (Wildman–Crippen MR) is 42.8 cm³/mol. The van der Waals surface area contributed by atoms with Crippen LogP contribution in [0.3, 0.4) is 0 Å². The summed E-state index contributed by atoms with van der Waals surface area (Å²) in [6.45, 7) is 6.65. The van der Waals surface area contributed by atoms with Crippen LogP contribution in [0, 0.1) is 0 Å². The minimum atomic E-state index is -0.434. The van der Waals surface area contributed by atoms with Gasteiger partial charge in [0.1, 0.15) is 0 Å². The molecule has 46 valence electrons.